The summed E-state index contributed by atoms with van der Waals surface area (Å²) in [6, 6.07) is 0.0617. The van der Waals surface area contributed by atoms with Crippen LogP contribution in [0.1, 0.15) is 58.3 Å². The molecule has 0 aliphatic heterocycles. The van der Waals surface area contributed by atoms with E-state index in [0.717, 1.165) is 44.9 Å². The molecule has 0 spiro atoms. The molecule has 5 heteroatoms. The Morgan fingerprint density at radius 2 is 1.95 bits per heavy atom. The van der Waals surface area contributed by atoms with E-state index in [1.54, 1.807) is 0 Å². The number of nitrogens with two attached hydrogens (primary N) is 1. The quantitative estimate of drug-likeness (QED) is 0.801. The molecule has 2 rings (SSSR count). The summed E-state index contributed by atoms with van der Waals surface area (Å²) in [5, 5.41) is 3.10. The Labute approximate surface area is 120 Å². The van der Waals surface area contributed by atoms with Crippen LogP contribution in [-0.2, 0) is 14.3 Å². The number of hydrogen-bond acceptors (Lipinski definition) is 3. The molecule has 3 N–H and O–H groups in total. The molecule has 2 atom stereocenters. The second kappa shape index (κ2) is 6.57. The molecule has 0 saturated heterocycles. The lowest BCUT2D eigenvalue weighted by Crippen LogP contribution is -2.51. The number of carbonyl (C=O) groups is 2. The van der Waals surface area contributed by atoms with Crippen LogP contribution < -0.4 is 11.1 Å². The summed E-state index contributed by atoms with van der Waals surface area (Å²) >= 11 is 0. The van der Waals surface area contributed by atoms with Crippen molar-refractivity contribution in [3.05, 3.63) is 0 Å². The first-order valence-electron chi connectivity index (χ1n) is 7.81. The van der Waals surface area contributed by atoms with Crippen LogP contribution >= 0.6 is 0 Å². The summed E-state index contributed by atoms with van der Waals surface area (Å²) in [6.07, 6.45) is 7.08. The minimum Gasteiger partial charge on any atom is -0.369 e. The molecule has 2 aliphatic carbocycles. The molecule has 5 nitrogen and oxygen atoms in total. The monoisotopic (exact) mass is 282 g/mol. The zero-order chi connectivity index (χ0) is 14.6. The lowest BCUT2D eigenvalue weighted by molar-refractivity contribution is -0.147. The van der Waals surface area contributed by atoms with Gasteiger partial charge in [-0.3, -0.25) is 9.59 Å². The highest BCUT2D eigenvalue weighted by atomic mass is 16.5. The van der Waals surface area contributed by atoms with Gasteiger partial charge in [0, 0.05) is 18.6 Å². The number of rotatable bonds is 5. The van der Waals surface area contributed by atoms with Gasteiger partial charge in [-0.05, 0) is 51.9 Å². The topological polar surface area (TPSA) is 81.4 Å². The second-order valence-corrected chi connectivity index (χ2v) is 6.07. The standard InChI is InChI=1S/C15H26N2O3/c1-2-20-15(8-3-4-9-15)14(19)17-12-7-5-6-11(10-12)13(16)18/h11-12H,2-10H2,1H3,(H2,16,18)(H,17,19)/t11-,12-/m0/s1. The number of amides is 2. The number of hydrogen-bond donors (Lipinski definition) is 2. The Balaban J connectivity index is 1.94. The summed E-state index contributed by atoms with van der Waals surface area (Å²) in [4.78, 5) is 23.8. The third-order valence-electron chi connectivity index (χ3n) is 4.66. The Morgan fingerprint density at radius 3 is 2.55 bits per heavy atom. The van der Waals surface area contributed by atoms with Gasteiger partial charge in [-0.15, -0.1) is 0 Å². The van der Waals surface area contributed by atoms with Gasteiger partial charge in [-0.1, -0.05) is 6.42 Å². The maximum atomic E-state index is 12.5. The highest BCUT2D eigenvalue weighted by molar-refractivity contribution is 5.86. The largest absolute Gasteiger partial charge is 0.369 e. The van der Waals surface area contributed by atoms with Crippen molar-refractivity contribution in [2.24, 2.45) is 11.7 Å². The number of primary amides is 1. The van der Waals surface area contributed by atoms with Crippen molar-refractivity contribution in [1.29, 1.82) is 0 Å². The fraction of sp³-hybridized carbons (Fsp3) is 0.867. The summed E-state index contributed by atoms with van der Waals surface area (Å²) < 4.78 is 5.76. The smallest absolute Gasteiger partial charge is 0.252 e. The zero-order valence-electron chi connectivity index (χ0n) is 12.3. The highest BCUT2D eigenvalue weighted by Gasteiger charge is 2.43. The van der Waals surface area contributed by atoms with Crippen molar-refractivity contribution < 1.29 is 14.3 Å². The molecule has 2 saturated carbocycles. The molecule has 0 aromatic heterocycles. The normalized spacial score (nSPS) is 29.1. The Bertz CT molecular complexity index is 364. The summed E-state index contributed by atoms with van der Waals surface area (Å²) in [6.45, 7) is 2.49. The van der Waals surface area contributed by atoms with E-state index in [2.05, 4.69) is 5.32 Å². The van der Waals surface area contributed by atoms with E-state index in [0.29, 0.717) is 13.0 Å². The molecule has 0 bridgehead atoms. The van der Waals surface area contributed by atoms with Crippen LogP contribution in [0.25, 0.3) is 0 Å². The van der Waals surface area contributed by atoms with Crippen LogP contribution in [-0.4, -0.2) is 30.1 Å². The first kappa shape index (κ1) is 15.3. The predicted octanol–water partition coefficient (Wildman–Crippen LogP) is 1.50. The molecule has 0 unspecified atom stereocenters. The number of ether oxygens (including phenoxy) is 1. The van der Waals surface area contributed by atoms with Gasteiger partial charge < -0.3 is 15.8 Å². The van der Waals surface area contributed by atoms with Crippen molar-refractivity contribution in [2.45, 2.75) is 69.9 Å². The molecule has 0 heterocycles. The SMILES string of the molecule is CCOC1(C(=O)N[C@H]2CCC[C@H](C(N)=O)C2)CCCC1. The van der Waals surface area contributed by atoms with Crippen molar-refractivity contribution in [3.8, 4) is 0 Å². The van der Waals surface area contributed by atoms with E-state index in [1.165, 1.54) is 0 Å². The van der Waals surface area contributed by atoms with Crippen molar-refractivity contribution in [2.75, 3.05) is 6.61 Å². The number of nitrogens with one attached hydrogen (secondary N) is 1. The lowest BCUT2D eigenvalue weighted by atomic mass is 9.85. The molecule has 2 amide bonds. The van der Waals surface area contributed by atoms with Gasteiger partial charge in [0.05, 0.1) is 0 Å². The minimum atomic E-state index is -0.631. The van der Waals surface area contributed by atoms with Gasteiger partial charge in [0.25, 0.3) is 5.91 Å². The maximum Gasteiger partial charge on any atom is 0.252 e. The van der Waals surface area contributed by atoms with Gasteiger partial charge in [-0.25, -0.2) is 0 Å². The molecule has 2 fully saturated rings. The summed E-state index contributed by atoms with van der Waals surface area (Å²) in [5.41, 5.74) is 4.75. The van der Waals surface area contributed by atoms with Crippen LogP contribution in [0, 0.1) is 5.92 Å². The minimum absolute atomic E-state index is 0.00645. The van der Waals surface area contributed by atoms with Crippen LogP contribution in [0.4, 0.5) is 0 Å². The van der Waals surface area contributed by atoms with Crippen molar-refractivity contribution in [3.63, 3.8) is 0 Å². The molecule has 0 aromatic rings. The Kier molecular flexibility index (Phi) is 5.02. The average molecular weight is 282 g/mol. The van der Waals surface area contributed by atoms with Gasteiger partial charge in [-0.2, -0.15) is 0 Å². The van der Waals surface area contributed by atoms with Crippen LogP contribution in [0.15, 0.2) is 0 Å². The molecular weight excluding hydrogens is 256 g/mol. The lowest BCUT2D eigenvalue weighted by Gasteiger charge is -2.33. The molecule has 114 valence electrons. The highest BCUT2D eigenvalue weighted by Crippen LogP contribution is 2.34. The van der Waals surface area contributed by atoms with Crippen LogP contribution in [0.5, 0.6) is 0 Å². The van der Waals surface area contributed by atoms with E-state index in [4.69, 9.17) is 10.5 Å². The molecular formula is C15H26N2O3. The van der Waals surface area contributed by atoms with Gasteiger partial charge in [0.2, 0.25) is 5.91 Å². The number of carbonyl (C=O) groups excluding carboxylic acids is 2. The van der Waals surface area contributed by atoms with Crippen LogP contribution in [0.3, 0.4) is 0 Å². The van der Waals surface area contributed by atoms with Crippen molar-refractivity contribution >= 4 is 11.8 Å². The second-order valence-electron chi connectivity index (χ2n) is 6.07. The van der Waals surface area contributed by atoms with Gasteiger partial charge >= 0.3 is 0 Å². The molecule has 0 aromatic carbocycles. The third-order valence-corrected chi connectivity index (χ3v) is 4.66. The van der Waals surface area contributed by atoms with Crippen LogP contribution in [0.2, 0.25) is 0 Å². The molecule has 2 aliphatic rings. The van der Waals surface area contributed by atoms with Gasteiger partial charge in [0.15, 0.2) is 0 Å². The van der Waals surface area contributed by atoms with E-state index >= 15 is 0 Å². The molecule has 0 radical (unpaired) electrons. The first-order valence-corrected chi connectivity index (χ1v) is 7.81. The first-order chi connectivity index (χ1) is 9.57. The summed E-state index contributed by atoms with van der Waals surface area (Å²) in [5.74, 6) is -0.336. The predicted molar refractivity (Wildman–Crippen MR) is 75.9 cm³/mol. The average Bonchev–Trinajstić information content (AvgIpc) is 2.89. The van der Waals surface area contributed by atoms with E-state index in [9.17, 15) is 9.59 Å². The van der Waals surface area contributed by atoms with E-state index < -0.39 is 5.60 Å². The molecule has 20 heavy (non-hydrogen) atoms. The third kappa shape index (κ3) is 3.32. The zero-order valence-corrected chi connectivity index (χ0v) is 12.3. The van der Waals surface area contributed by atoms with Crippen molar-refractivity contribution in [1.82, 2.24) is 5.32 Å². The fourth-order valence-electron chi connectivity index (χ4n) is 3.56. The fourth-order valence-corrected chi connectivity index (χ4v) is 3.56. The maximum absolute atomic E-state index is 12.5. The van der Waals surface area contributed by atoms with E-state index in [-0.39, 0.29) is 23.8 Å². The summed E-state index contributed by atoms with van der Waals surface area (Å²) in [7, 11) is 0. The van der Waals surface area contributed by atoms with E-state index in [1.807, 2.05) is 6.92 Å². The Morgan fingerprint density at radius 1 is 1.25 bits per heavy atom. The van der Waals surface area contributed by atoms with Gasteiger partial charge in [0.1, 0.15) is 5.60 Å². The Hall–Kier alpha value is -1.10.